The molecule has 3 aromatic rings. The smallest absolute Gasteiger partial charge is 0.274 e. The Morgan fingerprint density at radius 2 is 2.00 bits per heavy atom. The van der Waals surface area contributed by atoms with Gasteiger partial charge in [-0.2, -0.15) is 5.10 Å². The number of amides is 1. The Labute approximate surface area is 157 Å². The summed E-state index contributed by atoms with van der Waals surface area (Å²) in [5.41, 5.74) is 4.26. The van der Waals surface area contributed by atoms with Crippen molar-refractivity contribution in [3.63, 3.8) is 0 Å². The van der Waals surface area contributed by atoms with Crippen molar-refractivity contribution in [2.75, 3.05) is 19.8 Å². The van der Waals surface area contributed by atoms with Gasteiger partial charge in [0.05, 0.1) is 36.8 Å². The molecule has 4 rings (SSSR count). The van der Waals surface area contributed by atoms with Crippen LogP contribution >= 0.6 is 0 Å². The Hall–Kier alpha value is -3.06. The highest BCUT2D eigenvalue weighted by atomic mass is 16.5. The van der Waals surface area contributed by atoms with Gasteiger partial charge in [0.2, 0.25) is 0 Å². The molecular weight excluding hydrogens is 342 g/mol. The standard InChI is InChI=1S/C20H21N5O2/c1-14-19(15(2)25(23-14)16-6-4-3-5-7-16)18-13-27-11-10-24(18)20(26)17-12-21-8-9-22-17/h3-9,12,18H,10-11,13H2,1-2H3. The zero-order valence-corrected chi connectivity index (χ0v) is 15.4. The van der Waals surface area contributed by atoms with Gasteiger partial charge < -0.3 is 9.64 Å². The number of hydrogen-bond acceptors (Lipinski definition) is 5. The highest BCUT2D eigenvalue weighted by Crippen LogP contribution is 2.31. The number of hydrogen-bond donors (Lipinski definition) is 0. The molecule has 1 aliphatic heterocycles. The fraction of sp³-hybridized carbons (Fsp3) is 0.300. The van der Waals surface area contributed by atoms with Gasteiger partial charge in [-0.3, -0.25) is 9.78 Å². The van der Waals surface area contributed by atoms with E-state index in [1.54, 1.807) is 6.20 Å². The second kappa shape index (κ2) is 7.28. The van der Waals surface area contributed by atoms with Gasteiger partial charge in [-0.1, -0.05) is 18.2 Å². The predicted octanol–water partition coefficient (Wildman–Crippen LogP) is 2.49. The predicted molar refractivity (Wildman–Crippen MR) is 99.7 cm³/mol. The lowest BCUT2D eigenvalue weighted by molar-refractivity contribution is -0.00337. The first kappa shape index (κ1) is 17.4. The highest BCUT2D eigenvalue weighted by molar-refractivity contribution is 5.92. The van der Waals surface area contributed by atoms with Crippen LogP contribution in [0.25, 0.3) is 5.69 Å². The third kappa shape index (κ3) is 3.21. The molecule has 7 nitrogen and oxygen atoms in total. The molecule has 1 amide bonds. The fourth-order valence-electron chi connectivity index (χ4n) is 3.60. The third-order valence-corrected chi connectivity index (χ3v) is 4.85. The summed E-state index contributed by atoms with van der Waals surface area (Å²) in [6.07, 6.45) is 4.60. The van der Waals surface area contributed by atoms with Crippen molar-refractivity contribution in [1.29, 1.82) is 0 Å². The molecule has 0 N–H and O–H groups in total. The Balaban J connectivity index is 1.73. The van der Waals surface area contributed by atoms with E-state index in [-0.39, 0.29) is 11.9 Å². The van der Waals surface area contributed by atoms with E-state index in [0.717, 1.165) is 22.6 Å². The van der Waals surface area contributed by atoms with Crippen molar-refractivity contribution < 1.29 is 9.53 Å². The van der Waals surface area contributed by atoms with Crippen molar-refractivity contribution in [2.45, 2.75) is 19.9 Å². The van der Waals surface area contributed by atoms with Crippen LogP contribution in [0, 0.1) is 13.8 Å². The molecule has 1 aromatic carbocycles. The molecule has 0 radical (unpaired) electrons. The lowest BCUT2D eigenvalue weighted by atomic mass is 10.0. The lowest BCUT2D eigenvalue weighted by Gasteiger charge is -2.35. The monoisotopic (exact) mass is 363 g/mol. The maximum absolute atomic E-state index is 13.0. The number of carbonyl (C=O) groups excluding carboxylic acids is 1. The summed E-state index contributed by atoms with van der Waals surface area (Å²) in [7, 11) is 0. The van der Waals surface area contributed by atoms with E-state index in [1.165, 1.54) is 12.4 Å². The minimum absolute atomic E-state index is 0.136. The number of nitrogens with zero attached hydrogens (tertiary/aromatic N) is 5. The van der Waals surface area contributed by atoms with Crippen LogP contribution in [0.4, 0.5) is 0 Å². The van der Waals surface area contributed by atoms with Gasteiger partial charge in [-0.25, -0.2) is 9.67 Å². The minimum Gasteiger partial charge on any atom is -0.377 e. The van der Waals surface area contributed by atoms with Crippen LogP contribution in [0.2, 0.25) is 0 Å². The Bertz CT molecular complexity index is 940. The molecule has 1 atom stereocenters. The topological polar surface area (TPSA) is 73.1 Å². The summed E-state index contributed by atoms with van der Waals surface area (Å²) in [5, 5.41) is 4.72. The average molecular weight is 363 g/mol. The molecule has 7 heteroatoms. The van der Waals surface area contributed by atoms with E-state index in [9.17, 15) is 4.79 Å². The molecule has 27 heavy (non-hydrogen) atoms. The second-order valence-corrected chi connectivity index (χ2v) is 6.51. The largest absolute Gasteiger partial charge is 0.377 e. The van der Waals surface area contributed by atoms with Gasteiger partial charge in [0.25, 0.3) is 5.91 Å². The Morgan fingerprint density at radius 3 is 2.74 bits per heavy atom. The number of aryl methyl sites for hydroxylation is 1. The Kier molecular flexibility index (Phi) is 4.68. The summed E-state index contributed by atoms with van der Waals surface area (Å²) in [6, 6.07) is 9.78. The van der Waals surface area contributed by atoms with Crippen LogP contribution in [0.5, 0.6) is 0 Å². The van der Waals surface area contributed by atoms with Crippen molar-refractivity contribution in [2.24, 2.45) is 0 Å². The van der Waals surface area contributed by atoms with Gasteiger partial charge in [-0.05, 0) is 26.0 Å². The van der Waals surface area contributed by atoms with Crippen LogP contribution in [0.1, 0.15) is 33.5 Å². The molecule has 0 aliphatic carbocycles. The number of carbonyl (C=O) groups is 1. The fourth-order valence-corrected chi connectivity index (χ4v) is 3.60. The zero-order chi connectivity index (χ0) is 18.8. The molecule has 0 spiro atoms. The lowest BCUT2D eigenvalue weighted by Crippen LogP contribution is -2.44. The van der Waals surface area contributed by atoms with E-state index in [0.29, 0.717) is 25.5 Å². The molecular formula is C20H21N5O2. The second-order valence-electron chi connectivity index (χ2n) is 6.51. The molecule has 0 bridgehead atoms. The van der Waals surface area contributed by atoms with Gasteiger partial charge in [-0.15, -0.1) is 0 Å². The number of benzene rings is 1. The van der Waals surface area contributed by atoms with Crippen LogP contribution in [-0.4, -0.2) is 50.3 Å². The van der Waals surface area contributed by atoms with Gasteiger partial charge in [0.1, 0.15) is 5.69 Å². The van der Waals surface area contributed by atoms with Crippen molar-refractivity contribution >= 4 is 5.91 Å². The van der Waals surface area contributed by atoms with E-state index in [4.69, 9.17) is 9.84 Å². The molecule has 1 unspecified atom stereocenters. The van der Waals surface area contributed by atoms with Crippen molar-refractivity contribution in [3.05, 3.63) is 71.6 Å². The summed E-state index contributed by atoms with van der Waals surface area (Å²) in [6.45, 7) is 5.46. The van der Waals surface area contributed by atoms with Gasteiger partial charge in [0.15, 0.2) is 0 Å². The van der Waals surface area contributed by atoms with Crippen LogP contribution in [0.15, 0.2) is 48.9 Å². The summed E-state index contributed by atoms with van der Waals surface area (Å²) < 4.78 is 7.63. The SMILES string of the molecule is Cc1nn(-c2ccccc2)c(C)c1C1COCCN1C(=O)c1cnccn1. The first-order valence-electron chi connectivity index (χ1n) is 8.93. The number of rotatable bonds is 3. The van der Waals surface area contributed by atoms with E-state index in [1.807, 2.05) is 53.8 Å². The maximum Gasteiger partial charge on any atom is 0.274 e. The third-order valence-electron chi connectivity index (χ3n) is 4.85. The quantitative estimate of drug-likeness (QED) is 0.715. The van der Waals surface area contributed by atoms with Gasteiger partial charge in [0, 0.05) is 30.2 Å². The van der Waals surface area contributed by atoms with Gasteiger partial charge >= 0.3 is 0 Å². The first-order chi connectivity index (χ1) is 13.2. The molecule has 1 aliphatic rings. The highest BCUT2D eigenvalue weighted by Gasteiger charge is 2.33. The van der Waals surface area contributed by atoms with E-state index < -0.39 is 0 Å². The maximum atomic E-state index is 13.0. The number of aromatic nitrogens is 4. The summed E-state index contributed by atoms with van der Waals surface area (Å²) in [4.78, 5) is 23.0. The van der Waals surface area contributed by atoms with Crippen LogP contribution in [-0.2, 0) is 4.74 Å². The average Bonchev–Trinajstić information content (AvgIpc) is 3.03. The molecule has 1 saturated heterocycles. The molecule has 138 valence electrons. The van der Waals surface area contributed by atoms with E-state index >= 15 is 0 Å². The van der Waals surface area contributed by atoms with E-state index in [2.05, 4.69) is 9.97 Å². The summed E-state index contributed by atoms with van der Waals surface area (Å²) >= 11 is 0. The van der Waals surface area contributed by atoms with Crippen molar-refractivity contribution in [3.8, 4) is 5.69 Å². The normalized spacial score (nSPS) is 17.1. The Morgan fingerprint density at radius 1 is 1.19 bits per heavy atom. The molecule has 2 aromatic heterocycles. The molecule has 0 saturated carbocycles. The minimum atomic E-state index is -0.203. The number of morpholine rings is 1. The summed E-state index contributed by atoms with van der Waals surface area (Å²) in [5.74, 6) is -0.136. The number of ether oxygens (including phenoxy) is 1. The van der Waals surface area contributed by atoms with Crippen LogP contribution in [0.3, 0.4) is 0 Å². The molecule has 3 heterocycles. The molecule has 1 fully saturated rings. The van der Waals surface area contributed by atoms with Crippen LogP contribution < -0.4 is 0 Å². The number of para-hydroxylation sites is 1. The van der Waals surface area contributed by atoms with Crippen molar-refractivity contribution in [1.82, 2.24) is 24.6 Å². The zero-order valence-electron chi connectivity index (χ0n) is 15.4. The first-order valence-corrected chi connectivity index (χ1v) is 8.93.